The van der Waals surface area contributed by atoms with Crippen LogP contribution in [-0.2, 0) is 0 Å². The number of aryl methyl sites for hydroxylation is 2. The molecule has 0 unspecified atom stereocenters. The molecule has 0 amide bonds. The number of aromatic hydroxyl groups is 1. The monoisotopic (exact) mass is 279 g/mol. The van der Waals surface area contributed by atoms with E-state index in [-0.39, 0.29) is 5.75 Å². The fraction of sp³-hybridized carbons (Fsp3) is 0.167. The van der Waals surface area contributed by atoms with Gasteiger partial charge in [-0.1, -0.05) is 18.2 Å². The van der Waals surface area contributed by atoms with E-state index in [1.807, 2.05) is 30.3 Å². The molecule has 0 spiro atoms. The van der Waals surface area contributed by atoms with E-state index in [0.29, 0.717) is 5.69 Å². The van der Waals surface area contributed by atoms with Crippen molar-refractivity contribution >= 4 is 10.9 Å². The lowest BCUT2D eigenvalue weighted by atomic mass is 9.98. The Morgan fingerprint density at radius 1 is 1.05 bits per heavy atom. The summed E-state index contributed by atoms with van der Waals surface area (Å²) in [5, 5.41) is 10.8. The number of hydrogen-bond acceptors (Lipinski definition) is 3. The Morgan fingerprint density at radius 3 is 2.62 bits per heavy atom. The molecule has 1 heterocycles. The second-order valence-electron chi connectivity index (χ2n) is 5.15. The summed E-state index contributed by atoms with van der Waals surface area (Å²) in [6.07, 6.45) is 0. The molecule has 0 saturated carbocycles. The molecule has 0 radical (unpaired) electrons. The molecule has 3 aromatic rings. The summed E-state index contributed by atoms with van der Waals surface area (Å²) < 4.78 is 5.47. The molecule has 0 atom stereocenters. The van der Waals surface area contributed by atoms with Crippen molar-refractivity contribution in [3.63, 3.8) is 0 Å². The quantitative estimate of drug-likeness (QED) is 0.763. The Morgan fingerprint density at radius 2 is 1.86 bits per heavy atom. The molecule has 1 aromatic heterocycles. The fourth-order valence-corrected chi connectivity index (χ4v) is 2.60. The minimum atomic E-state index is 0.219. The topological polar surface area (TPSA) is 42.4 Å². The highest BCUT2D eigenvalue weighted by Crippen LogP contribution is 2.35. The zero-order valence-electron chi connectivity index (χ0n) is 12.3. The van der Waals surface area contributed by atoms with Crippen LogP contribution in [0.3, 0.4) is 0 Å². The van der Waals surface area contributed by atoms with Gasteiger partial charge in [-0.15, -0.1) is 0 Å². The molecule has 2 aromatic carbocycles. The van der Waals surface area contributed by atoms with Gasteiger partial charge in [-0.25, -0.2) is 4.98 Å². The average Bonchev–Trinajstić information content (AvgIpc) is 2.48. The van der Waals surface area contributed by atoms with Crippen molar-refractivity contribution in [2.24, 2.45) is 0 Å². The Balaban J connectivity index is 2.24. The Labute approximate surface area is 123 Å². The molecule has 0 saturated heterocycles. The third-order valence-electron chi connectivity index (χ3n) is 3.72. The molecule has 0 aliphatic rings. The highest BCUT2D eigenvalue weighted by molar-refractivity contribution is 5.87. The molecule has 106 valence electrons. The highest BCUT2D eigenvalue weighted by atomic mass is 16.5. The summed E-state index contributed by atoms with van der Waals surface area (Å²) in [4.78, 5) is 4.39. The van der Waals surface area contributed by atoms with Crippen molar-refractivity contribution in [2.75, 3.05) is 7.11 Å². The van der Waals surface area contributed by atoms with E-state index >= 15 is 0 Å². The first-order chi connectivity index (χ1) is 10.1. The Hall–Kier alpha value is -2.55. The van der Waals surface area contributed by atoms with E-state index in [2.05, 4.69) is 18.0 Å². The lowest BCUT2D eigenvalue weighted by Gasteiger charge is -2.12. The van der Waals surface area contributed by atoms with E-state index in [4.69, 9.17) is 4.74 Å². The van der Waals surface area contributed by atoms with Gasteiger partial charge in [-0.3, -0.25) is 0 Å². The summed E-state index contributed by atoms with van der Waals surface area (Å²) in [6.45, 7) is 3.86. The predicted octanol–water partition coefficient (Wildman–Crippen LogP) is 4.23. The van der Waals surface area contributed by atoms with Gasteiger partial charge in [-0.05, 0) is 49.2 Å². The van der Waals surface area contributed by atoms with Crippen molar-refractivity contribution in [2.45, 2.75) is 13.8 Å². The third-order valence-corrected chi connectivity index (χ3v) is 3.72. The molecule has 0 aliphatic carbocycles. The van der Waals surface area contributed by atoms with Crippen molar-refractivity contribution in [3.05, 3.63) is 53.7 Å². The Bertz CT molecular complexity index is 825. The van der Waals surface area contributed by atoms with Crippen LogP contribution in [0, 0.1) is 13.8 Å². The predicted molar refractivity (Wildman–Crippen MR) is 84.9 cm³/mol. The lowest BCUT2D eigenvalue weighted by Crippen LogP contribution is -1.91. The molecule has 0 aliphatic heterocycles. The lowest BCUT2D eigenvalue weighted by molar-refractivity contribution is 0.416. The van der Waals surface area contributed by atoms with E-state index in [0.717, 1.165) is 33.3 Å². The molecule has 21 heavy (non-hydrogen) atoms. The summed E-state index contributed by atoms with van der Waals surface area (Å²) in [5.41, 5.74) is 4.80. The van der Waals surface area contributed by atoms with Crippen molar-refractivity contribution in [3.8, 4) is 22.6 Å². The number of fused-ring (bicyclic) bond motifs is 1. The van der Waals surface area contributed by atoms with Crippen LogP contribution < -0.4 is 4.74 Å². The molecule has 0 fully saturated rings. The number of benzene rings is 2. The summed E-state index contributed by atoms with van der Waals surface area (Å²) >= 11 is 0. The smallest absolute Gasteiger partial charge is 0.137 e. The van der Waals surface area contributed by atoms with Crippen LogP contribution in [0.25, 0.3) is 22.0 Å². The maximum Gasteiger partial charge on any atom is 0.137 e. The van der Waals surface area contributed by atoms with Crippen LogP contribution in [-0.4, -0.2) is 17.2 Å². The number of ether oxygens (including phenoxy) is 1. The SMILES string of the molecule is COc1cccc(C)c1-c1ccc2nc(C)c(O)cc2c1. The summed E-state index contributed by atoms with van der Waals surface area (Å²) in [5.74, 6) is 1.06. The molecule has 1 N–H and O–H groups in total. The molecule has 3 heteroatoms. The second-order valence-corrected chi connectivity index (χ2v) is 5.15. The van der Waals surface area contributed by atoms with Crippen molar-refractivity contribution < 1.29 is 9.84 Å². The average molecular weight is 279 g/mol. The molecule has 3 rings (SSSR count). The van der Waals surface area contributed by atoms with E-state index in [9.17, 15) is 5.11 Å². The van der Waals surface area contributed by atoms with Gasteiger partial charge in [0, 0.05) is 10.9 Å². The van der Waals surface area contributed by atoms with Gasteiger partial charge in [-0.2, -0.15) is 0 Å². The number of pyridine rings is 1. The van der Waals surface area contributed by atoms with E-state index in [1.54, 1.807) is 20.1 Å². The van der Waals surface area contributed by atoms with Crippen molar-refractivity contribution in [1.82, 2.24) is 4.98 Å². The first kappa shape index (κ1) is 13.4. The number of nitrogens with zero attached hydrogens (tertiary/aromatic N) is 1. The number of methoxy groups -OCH3 is 1. The van der Waals surface area contributed by atoms with Crippen LogP contribution in [0.4, 0.5) is 0 Å². The number of hydrogen-bond donors (Lipinski definition) is 1. The van der Waals surface area contributed by atoms with Crippen molar-refractivity contribution in [1.29, 1.82) is 0 Å². The zero-order chi connectivity index (χ0) is 15.0. The van der Waals surface area contributed by atoms with Gasteiger partial charge < -0.3 is 9.84 Å². The van der Waals surface area contributed by atoms with Gasteiger partial charge in [0.25, 0.3) is 0 Å². The molecular weight excluding hydrogens is 262 g/mol. The summed E-state index contributed by atoms with van der Waals surface area (Å²) in [7, 11) is 1.68. The minimum absolute atomic E-state index is 0.219. The second kappa shape index (κ2) is 5.09. The number of rotatable bonds is 2. The largest absolute Gasteiger partial charge is 0.506 e. The molecular formula is C18H17NO2. The van der Waals surface area contributed by atoms with Crippen LogP contribution in [0.15, 0.2) is 42.5 Å². The van der Waals surface area contributed by atoms with Gasteiger partial charge >= 0.3 is 0 Å². The number of aromatic nitrogens is 1. The summed E-state index contributed by atoms with van der Waals surface area (Å²) in [6, 6.07) is 13.8. The first-order valence-electron chi connectivity index (χ1n) is 6.84. The normalized spacial score (nSPS) is 10.8. The van der Waals surface area contributed by atoms with Gasteiger partial charge in [0.15, 0.2) is 0 Å². The fourth-order valence-electron chi connectivity index (χ4n) is 2.60. The molecule has 0 bridgehead atoms. The van der Waals surface area contributed by atoms with Crippen LogP contribution in [0.2, 0.25) is 0 Å². The van der Waals surface area contributed by atoms with E-state index < -0.39 is 0 Å². The van der Waals surface area contributed by atoms with Gasteiger partial charge in [0.05, 0.1) is 18.3 Å². The van der Waals surface area contributed by atoms with E-state index in [1.165, 1.54) is 0 Å². The highest BCUT2D eigenvalue weighted by Gasteiger charge is 2.10. The molecule has 3 nitrogen and oxygen atoms in total. The van der Waals surface area contributed by atoms with Crippen LogP contribution >= 0.6 is 0 Å². The zero-order valence-corrected chi connectivity index (χ0v) is 12.3. The first-order valence-corrected chi connectivity index (χ1v) is 6.84. The van der Waals surface area contributed by atoms with Crippen LogP contribution in [0.5, 0.6) is 11.5 Å². The maximum absolute atomic E-state index is 9.85. The maximum atomic E-state index is 9.85. The standard InChI is InChI=1S/C18H17NO2/c1-11-5-4-6-17(21-3)18(11)13-7-8-15-14(9-13)10-16(20)12(2)19-15/h4-10,20H,1-3H3. The third kappa shape index (κ3) is 2.31. The van der Waals surface area contributed by atoms with Crippen LogP contribution in [0.1, 0.15) is 11.3 Å². The Kier molecular flexibility index (Phi) is 3.26. The minimum Gasteiger partial charge on any atom is -0.506 e. The van der Waals surface area contributed by atoms with Gasteiger partial charge in [0.2, 0.25) is 0 Å². The van der Waals surface area contributed by atoms with Gasteiger partial charge in [0.1, 0.15) is 11.5 Å².